The van der Waals surface area contributed by atoms with E-state index in [9.17, 15) is 9.59 Å². The van der Waals surface area contributed by atoms with E-state index in [0.29, 0.717) is 25.9 Å². The molecular formula is C23H30N4O2S. The number of piperazine rings is 1. The van der Waals surface area contributed by atoms with E-state index in [1.54, 1.807) is 0 Å². The number of anilines is 2. The Morgan fingerprint density at radius 3 is 2.40 bits per heavy atom. The first-order chi connectivity index (χ1) is 14.5. The van der Waals surface area contributed by atoms with Crippen LogP contribution in [0.2, 0.25) is 0 Å². The predicted octanol–water partition coefficient (Wildman–Crippen LogP) is 3.30. The Labute approximate surface area is 182 Å². The van der Waals surface area contributed by atoms with Gasteiger partial charge in [0.25, 0.3) is 5.91 Å². The number of thiophene rings is 1. The minimum absolute atomic E-state index is 0.0471. The number of rotatable bonds is 4. The molecule has 6 nitrogen and oxygen atoms in total. The molecule has 2 saturated heterocycles. The summed E-state index contributed by atoms with van der Waals surface area (Å²) in [5.74, 6) is 0.0990. The molecule has 7 heteroatoms. The van der Waals surface area contributed by atoms with Crippen LogP contribution in [0.1, 0.15) is 28.1 Å². The molecule has 2 fully saturated rings. The first-order valence-electron chi connectivity index (χ1n) is 10.7. The number of carbonyl (C=O) groups excluding carboxylic acids is 2. The van der Waals surface area contributed by atoms with Crippen LogP contribution in [0.5, 0.6) is 0 Å². The molecule has 0 radical (unpaired) electrons. The molecule has 2 aliphatic heterocycles. The number of amides is 2. The smallest absolute Gasteiger partial charge is 0.263 e. The molecule has 2 aliphatic rings. The predicted molar refractivity (Wildman–Crippen MR) is 122 cm³/mol. The number of piperidine rings is 1. The van der Waals surface area contributed by atoms with Gasteiger partial charge in [-0.1, -0.05) is 6.07 Å². The van der Waals surface area contributed by atoms with E-state index in [2.05, 4.69) is 41.2 Å². The van der Waals surface area contributed by atoms with Crippen LogP contribution in [-0.4, -0.2) is 67.9 Å². The minimum atomic E-state index is -0.0471. The van der Waals surface area contributed by atoms with Crippen molar-refractivity contribution >= 4 is 34.5 Å². The summed E-state index contributed by atoms with van der Waals surface area (Å²) in [6.45, 7) is 7.54. The number of hydrogen-bond donors (Lipinski definition) is 1. The molecule has 1 N–H and O–H groups in total. The molecule has 0 spiro atoms. The van der Waals surface area contributed by atoms with Gasteiger partial charge < -0.3 is 20.0 Å². The van der Waals surface area contributed by atoms with Gasteiger partial charge in [-0.15, -0.1) is 11.3 Å². The van der Waals surface area contributed by atoms with Gasteiger partial charge in [-0.3, -0.25) is 9.59 Å². The molecule has 2 aromatic rings. The summed E-state index contributed by atoms with van der Waals surface area (Å²) in [5, 5.41) is 5.04. The zero-order valence-corrected chi connectivity index (χ0v) is 18.6. The molecule has 0 unspecified atom stereocenters. The van der Waals surface area contributed by atoms with Gasteiger partial charge in [0.15, 0.2) is 0 Å². The van der Waals surface area contributed by atoms with Gasteiger partial charge in [-0.2, -0.15) is 0 Å². The van der Waals surface area contributed by atoms with Gasteiger partial charge in [0.1, 0.15) is 0 Å². The zero-order chi connectivity index (χ0) is 21.1. The first kappa shape index (κ1) is 20.9. The molecule has 3 heterocycles. The number of hydrogen-bond acceptors (Lipinski definition) is 5. The highest BCUT2D eigenvalue weighted by molar-refractivity contribution is 7.12. The van der Waals surface area contributed by atoms with E-state index < -0.39 is 0 Å². The number of likely N-dealkylation sites (tertiary alicyclic amines) is 1. The standard InChI is InChI=1S/C23H30N4O2S/c1-17-16-19(26-13-11-25(2)12-14-26)5-6-20(17)24-22(28)18-7-9-27(10-8-18)23(29)21-4-3-15-30-21/h3-6,15-16,18H,7-14H2,1-2H3,(H,24,28). The maximum atomic E-state index is 12.8. The second-order valence-corrected chi connectivity index (χ2v) is 9.27. The van der Waals surface area contributed by atoms with Crippen molar-refractivity contribution in [1.29, 1.82) is 0 Å². The summed E-state index contributed by atoms with van der Waals surface area (Å²) < 4.78 is 0. The van der Waals surface area contributed by atoms with Crippen molar-refractivity contribution < 1.29 is 9.59 Å². The third-order valence-electron chi connectivity index (χ3n) is 6.22. The Morgan fingerprint density at radius 1 is 1.03 bits per heavy atom. The van der Waals surface area contributed by atoms with E-state index in [0.717, 1.165) is 42.3 Å². The normalized spacial score (nSPS) is 18.5. The van der Waals surface area contributed by atoms with E-state index in [4.69, 9.17) is 0 Å². The lowest BCUT2D eigenvalue weighted by Gasteiger charge is -2.34. The summed E-state index contributed by atoms with van der Waals surface area (Å²) in [6, 6.07) is 10.1. The van der Waals surface area contributed by atoms with Gasteiger partial charge in [0.05, 0.1) is 4.88 Å². The van der Waals surface area contributed by atoms with Crippen LogP contribution in [0, 0.1) is 12.8 Å². The molecule has 1 aromatic heterocycles. The van der Waals surface area contributed by atoms with Crippen molar-refractivity contribution in [3.05, 3.63) is 46.2 Å². The number of carbonyl (C=O) groups is 2. The van der Waals surface area contributed by atoms with Crippen molar-refractivity contribution in [2.45, 2.75) is 19.8 Å². The summed E-state index contributed by atoms with van der Waals surface area (Å²) >= 11 is 1.47. The molecule has 0 bridgehead atoms. The number of nitrogens with zero attached hydrogens (tertiary/aromatic N) is 3. The van der Waals surface area contributed by atoms with Crippen LogP contribution >= 0.6 is 11.3 Å². The largest absolute Gasteiger partial charge is 0.369 e. The second-order valence-electron chi connectivity index (χ2n) is 8.32. The highest BCUT2D eigenvalue weighted by Crippen LogP contribution is 2.26. The van der Waals surface area contributed by atoms with Gasteiger partial charge in [-0.05, 0) is 62.0 Å². The van der Waals surface area contributed by atoms with Gasteiger partial charge >= 0.3 is 0 Å². The van der Waals surface area contributed by atoms with E-state index in [1.165, 1.54) is 17.0 Å². The van der Waals surface area contributed by atoms with Crippen molar-refractivity contribution in [3.63, 3.8) is 0 Å². The fourth-order valence-electron chi connectivity index (χ4n) is 4.19. The number of benzene rings is 1. The lowest BCUT2D eigenvalue weighted by atomic mass is 9.95. The average Bonchev–Trinajstić information content (AvgIpc) is 3.30. The van der Waals surface area contributed by atoms with Crippen molar-refractivity contribution in [3.8, 4) is 0 Å². The molecule has 160 valence electrons. The summed E-state index contributed by atoms with van der Waals surface area (Å²) in [5.41, 5.74) is 3.19. The monoisotopic (exact) mass is 426 g/mol. The van der Waals surface area contributed by atoms with Gasteiger partial charge in [0.2, 0.25) is 5.91 Å². The average molecular weight is 427 g/mol. The van der Waals surface area contributed by atoms with Crippen LogP contribution < -0.4 is 10.2 Å². The summed E-state index contributed by atoms with van der Waals surface area (Å²) in [6.07, 6.45) is 1.42. The second kappa shape index (κ2) is 9.18. The minimum Gasteiger partial charge on any atom is -0.369 e. The number of likely N-dealkylation sites (N-methyl/N-ethyl adjacent to an activating group) is 1. The fourth-order valence-corrected chi connectivity index (χ4v) is 4.88. The topological polar surface area (TPSA) is 55.9 Å². The van der Waals surface area contributed by atoms with Crippen LogP contribution in [0.25, 0.3) is 0 Å². The molecule has 30 heavy (non-hydrogen) atoms. The maximum absolute atomic E-state index is 12.8. The fraction of sp³-hybridized carbons (Fsp3) is 0.478. The highest BCUT2D eigenvalue weighted by atomic mass is 32.1. The quantitative estimate of drug-likeness (QED) is 0.815. The summed E-state index contributed by atoms with van der Waals surface area (Å²) in [7, 11) is 2.16. The zero-order valence-electron chi connectivity index (χ0n) is 17.8. The molecule has 0 atom stereocenters. The van der Waals surface area contributed by atoms with Crippen LogP contribution in [-0.2, 0) is 4.79 Å². The maximum Gasteiger partial charge on any atom is 0.263 e. The van der Waals surface area contributed by atoms with Crippen LogP contribution in [0.3, 0.4) is 0 Å². The molecule has 0 saturated carbocycles. The Hall–Kier alpha value is -2.38. The Balaban J connectivity index is 1.31. The third kappa shape index (κ3) is 4.68. The third-order valence-corrected chi connectivity index (χ3v) is 7.08. The van der Waals surface area contributed by atoms with E-state index in [1.807, 2.05) is 28.5 Å². The van der Waals surface area contributed by atoms with Crippen LogP contribution in [0.4, 0.5) is 11.4 Å². The molecule has 0 aliphatic carbocycles. The van der Waals surface area contributed by atoms with Gasteiger partial charge in [-0.25, -0.2) is 0 Å². The highest BCUT2D eigenvalue weighted by Gasteiger charge is 2.28. The molecular weight excluding hydrogens is 396 g/mol. The Morgan fingerprint density at radius 2 is 1.77 bits per heavy atom. The van der Waals surface area contributed by atoms with Crippen molar-refractivity contribution in [2.24, 2.45) is 5.92 Å². The lowest BCUT2D eigenvalue weighted by molar-refractivity contribution is -0.121. The molecule has 2 amide bonds. The Kier molecular flexibility index (Phi) is 6.39. The SMILES string of the molecule is Cc1cc(N2CCN(C)CC2)ccc1NC(=O)C1CCN(C(=O)c2cccs2)CC1. The van der Waals surface area contributed by atoms with E-state index >= 15 is 0 Å². The number of nitrogens with one attached hydrogen (secondary N) is 1. The van der Waals surface area contributed by atoms with Crippen LogP contribution in [0.15, 0.2) is 35.7 Å². The Bertz CT molecular complexity index is 883. The van der Waals surface area contributed by atoms with Gasteiger partial charge in [0, 0.05) is 56.6 Å². The van der Waals surface area contributed by atoms with E-state index in [-0.39, 0.29) is 17.7 Å². The molecule has 1 aromatic carbocycles. The van der Waals surface area contributed by atoms with Crippen molar-refractivity contribution in [1.82, 2.24) is 9.80 Å². The number of aryl methyl sites for hydroxylation is 1. The summed E-state index contributed by atoms with van der Waals surface area (Å²) in [4.78, 5) is 32.7. The lowest BCUT2D eigenvalue weighted by Crippen LogP contribution is -2.44. The van der Waals surface area contributed by atoms with Crippen molar-refractivity contribution in [2.75, 3.05) is 56.5 Å². The molecule has 4 rings (SSSR count). The first-order valence-corrected chi connectivity index (χ1v) is 11.6.